The molecular formula is C30H46O5SSi. The summed E-state index contributed by atoms with van der Waals surface area (Å²) in [5.74, 6) is -0.523. The molecule has 2 rings (SSSR count). The third-order valence-electron chi connectivity index (χ3n) is 7.39. The van der Waals surface area contributed by atoms with Crippen molar-refractivity contribution in [2.75, 3.05) is 6.61 Å². The highest BCUT2D eigenvalue weighted by Gasteiger charge is 2.36. The van der Waals surface area contributed by atoms with Gasteiger partial charge in [-0.2, -0.15) is 0 Å². The Balaban J connectivity index is 2.03. The lowest BCUT2D eigenvalue weighted by molar-refractivity contribution is 0.102. The summed E-state index contributed by atoms with van der Waals surface area (Å²) in [5, 5.41) is 10.8. The molecule has 37 heavy (non-hydrogen) atoms. The van der Waals surface area contributed by atoms with Gasteiger partial charge < -0.3 is 13.9 Å². The van der Waals surface area contributed by atoms with Crippen molar-refractivity contribution in [2.45, 2.75) is 111 Å². The number of ketones is 1. The molecule has 0 bridgehead atoms. The highest BCUT2D eigenvalue weighted by molar-refractivity contribution is 7.12. The Morgan fingerprint density at radius 2 is 1.89 bits per heavy atom. The Kier molecular flexibility index (Phi) is 11.6. The molecule has 5 nitrogen and oxygen atoms in total. The molecule has 0 saturated carbocycles. The Bertz CT molecular complexity index is 1120. The molecule has 2 aromatic heterocycles. The Morgan fingerprint density at radius 1 is 1.19 bits per heavy atom. The van der Waals surface area contributed by atoms with Crippen LogP contribution in [0.25, 0.3) is 6.08 Å². The van der Waals surface area contributed by atoms with Gasteiger partial charge in [0.05, 0.1) is 0 Å². The van der Waals surface area contributed by atoms with E-state index in [0.717, 1.165) is 24.1 Å². The highest BCUT2D eigenvalue weighted by Crippen LogP contribution is 2.37. The number of thiophene rings is 1. The molecule has 7 heteroatoms. The minimum absolute atomic E-state index is 0.0794. The van der Waals surface area contributed by atoms with Crippen LogP contribution < -0.4 is 5.63 Å². The zero-order valence-electron chi connectivity index (χ0n) is 24.0. The van der Waals surface area contributed by atoms with Gasteiger partial charge >= 0.3 is 5.63 Å². The van der Waals surface area contributed by atoms with Crippen molar-refractivity contribution in [3.05, 3.63) is 55.3 Å². The molecule has 0 saturated heterocycles. The molecule has 0 aliphatic carbocycles. The Morgan fingerprint density at radius 3 is 2.51 bits per heavy atom. The smallest absolute Gasteiger partial charge is 0.351 e. The molecule has 2 aromatic rings. The van der Waals surface area contributed by atoms with Gasteiger partial charge in [-0.3, -0.25) is 4.79 Å². The number of unbranched alkanes of at least 4 members (excludes halogenated alkanes) is 3. The average Bonchev–Trinajstić information content (AvgIpc) is 3.25. The van der Waals surface area contributed by atoms with Crippen molar-refractivity contribution in [3.8, 4) is 5.75 Å². The lowest BCUT2D eigenvalue weighted by Crippen LogP contribution is -2.41. The molecule has 0 radical (unpaired) electrons. The van der Waals surface area contributed by atoms with Gasteiger partial charge in [0, 0.05) is 28.3 Å². The van der Waals surface area contributed by atoms with E-state index in [1.54, 1.807) is 24.3 Å². The van der Waals surface area contributed by atoms with E-state index in [-0.39, 0.29) is 22.3 Å². The van der Waals surface area contributed by atoms with E-state index in [2.05, 4.69) is 46.9 Å². The van der Waals surface area contributed by atoms with Crippen LogP contribution in [-0.4, -0.2) is 25.8 Å². The van der Waals surface area contributed by atoms with E-state index in [1.165, 1.54) is 36.6 Å². The van der Waals surface area contributed by atoms with Gasteiger partial charge in [-0.25, -0.2) is 4.79 Å². The minimum atomic E-state index is -1.80. The molecule has 1 unspecified atom stereocenters. The highest BCUT2D eigenvalue weighted by atomic mass is 32.1. The molecular weight excluding hydrogens is 500 g/mol. The van der Waals surface area contributed by atoms with Crippen molar-refractivity contribution >= 4 is 31.5 Å². The zero-order chi connectivity index (χ0) is 27.8. The predicted octanol–water partition coefficient (Wildman–Crippen LogP) is 8.72. The molecule has 0 aromatic carbocycles. The number of aryl methyl sites for hydroxylation is 1. The quantitative estimate of drug-likeness (QED) is 0.111. The third-order valence-corrected chi connectivity index (χ3v) is 13.0. The van der Waals surface area contributed by atoms with Crippen molar-refractivity contribution in [1.82, 2.24) is 0 Å². The summed E-state index contributed by atoms with van der Waals surface area (Å²) >= 11 is 1.66. The molecule has 0 aliphatic heterocycles. The summed E-state index contributed by atoms with van der Waals surface area (Å²) in [6.45, 7) is 17.6. The third kappa shape index (κ3) is 9.08. The fraction of sp³-hybridized carbons (Fsp3) is 0.600. The first-order valence-electron chi connectivity index (χ1n) is 13.6. The van der Waals surface area contributed by atoms with Crippen LogP contribution in [0.15, 0.2) is 33.0 Å². The fourth-order valence-electron chi connectivity index (χ4n) is 3.84. The van der Waals surface area contributed by atoms with E-state index in [9.17, 15) is 14.7 Å². The van der Waals surface area contributed by atoms with Gasteiger partial charge in [-0.05, 0) is 74.5 Å². The van der Waals surface area contributed by atoms with Gasteiger partial charge in [0.25, 0.3) is 0 Å². The summed E-state index contributed by atoms with van der Waals surface area (Å²) in [5.41, 5.74) is -0.701. The molecule has 206 valence electrons. The van der Waals surface area contributed by atoms with Gasteiger partial charge in [0.1, 0.15) is 17.1 Å². The van der Waals surface area contributed by atoms with E-state index in [1.807, 2.05) is 13.0 Å². The van der Waals surface area contributed by atoms with Gasteiger partial charge in [0.15, 0.2) is 14.1 Å². The second-order valence-electron chi connectivity index (χ2n) is 11.6. The number of rotatable bonds is 14. The van der Waals surface area contributed by atoms with Crippen LogP contribution in [0.5, 0.6) is 5.75 Å². The lowest BCUT2D eigenvalue weighted by Gasteiger charge is -2.36. The lowest BCUT2D eigenvalue weighted by atomic mass is 10.00. The maximum atomic E-state index is 13.0. The van der Waals surface area contributed by atoms with Crippen LogP contribution in [0.4, 0.5) is 0 Å². The number of aromatic hydroxyl groups is 1. The first kappa shape index (κ1) is 31.3. The van der Waals surface area contributed by atoms with Crippen molar-refractivity contribution < 1.29 is 18.7 Å². The van der Waals surface area contributed by atoms with Crippen LogP contribution in [-0.2, 0) is 10.8 Å². The van der Waals surface area contributed by atoms with Crippen LogP contribution in [0.2, 0.25) is 18.1 Å². The topological polar surface area (TPSA) is 76.7 Å². The summed E-state index contributed by atoms with van der Waals surface area (Å²) in [6, 6.07) is 5.51. The fourth-order valence-corrected chi connectivity index (χ4v) is 5.98. The number of carbonyl (C=O) groups is 1. The number of Topliss-reactive ketones (excluding diaryl/α,β-unsaturated/α-hetero) is 1. The van der Waals surface area contributed by atoms with Gasteiger partial charge in [-0.1, -0.05) is 53.9 Å². The van der Waals surface area contributed by atoms with Crippen LogP contribution in [0.1, 0.15) is 112 Å². The average molecular weight is 547 g/mol. The van der Waals surface area contributed by atoms with Crippen molar-refractivity contribution in [1.29, 1.82) is 0 Å². The maximum absolute atomic E-state index is 13.0. The minimum Gasteiger partial charge on any atom is -0.507 e. The molecule has 0 spiro atoms. The Labute approximate surface area is 228 Å². The van der Waals surface area contributed by atoms with E-state index in [4.69, 9.17) is 8.84 Å². The normalized spacial score (nSPS) is 13.7. The second-order valence-corrected chi connectivity index (χ2v) is 17.6. The van der Waals surface area contributed by atoms with Gasteiger partial charge in [0.2, 0.25) is 0 Å². The molecule has 0 fully saturated rings. The van der Waals surface area contributed by atoms with Crippen LogP contribution in [0, 0.1) is 0 Å². The number of hydrogen-bond donors (Lipinski definition) is 1. The second kappa shape index (κ2) is 13.7. The Hall–Kier alpha value is -1.96. The van der Waals surface area contributed by atoms with E-state index in [0.29, 0.717) is 17.9 Å². The zero-order valence-corrected chi connectivity index (χ0v) is 25.8. The monoisotopic (exact) mass is 546 g/mol. The largest absolute Gasteiger partial charge is 0.507 e. The van der Waals surface area contributed by atoms with Crippen molar-refractivity contribution in [3.63, 3.8) is 0 Å². The standard InChI is InChI=1S/C30H46O5SSi/c1-9-10-11-12-15-23-16-17-24(36-23)19-22(3)28(32)27-25(31)20-26(35-29(27)33)21(2)14-13-18-34-37(7,8)30(4,5)6/h16-17,19-21,31H,9-15,18H2,1-8H3. The summed E-state index contributed by atoms with van der Waals surface area (Å²) in [7, 11) is -1.80. The first-order chi connectivity index (χ1) is 17.3. The predicted molar refractivity (Wildman–Crippen MR) is 158 cm³/mol. The van der Waals surface area contributed by atoms with Crippen molar-refractivity contribution in [2.24, 2.45) is 0 Å². The summed E-state index contributed by atoms with van der Waals surface area (Å²) in [6.07, 6.45) is 9.25. The summed E-state index contributed by atoms with van der Waals surface area (Å²) in [4.78, 5) is 28.0. The van der Waals surface area contributed by atoms with Gasteiger partial charge in [-0.15, -0.1) is 11.3 Å². The van der Waals surface area contributed by atoms with Crippen LogP contribution >= 0.6 is 11.3 Å². The molecule has 0 amide bonds. The summed E-state index contributed by atoms with van der Waals surface area (Å²) < 4.78 is 11.7. The molecule has 1 N–H and O–H groups in total. The maximum Gasteiger partial charge on any atom is 0.351 e. The first-order valence-corrected chi connectivity index (χ1v) is 17.3. The molecule has 0 aliphatic rings. The number of hydrogen-bond acceptors (Lipinski definition) is 6. The SMILES string of the molecule is CCCCCCc1ccc(C=C(C)C(=O)c2c(O)cc(C(C)CCCO[Si](C)(C)C(C)(C)C)oc2=O)s1. The van der Waals surface area contributed by atoms with E-state index < -0.39 is 19.7 Å². The van der Waals surface area contributed by atoms with E-state index >= 15 is 0 Å². The van der Waals surface area contributed by atoms with Crippen LogP contribution in [0.3, 0.4) is 0 Å². The number of carbonyl (C=O) groups excluding carboxylic acids is 1. The molecule has 1 atom stereocenters. The molecule has 2 heterocycles. The number of allylic oxidation sites excluding steroid dienone is 1.